The molecule has 1 aliphatic heterocycles. The summed E-state index contributed by atoms with van der Waals surface area (Å²) in [4.78, 5) is 6.49. The van der Waals surface area contributed by atoms with Gasteiger partial charge in [0.1, 0.15) is 18.5 Å². The lowest BCUT2D eigenvalue weighted by Gasteiger charge is -2.30. The molecule has 1 atom stereocenters. The number of rotatable bonds is 8. The lowest BCUT2D eigenvalue weighted by molar-refractivity contribution is 0.0637. The predicted molar refractivity (Wildman–Crippen MR) is 110 cm³/mol. The third kappa shape index (κ3) is 5.31. The van der Waals surface area contributed by atoms with Gasteiger partial charge in [-0.1, -0.05) is 25.0 Å². The number of aromatic nitrogens is 1. The smallest absolute Gasteiger partial charge is 0.119 e. The van der Waals surface area contributed by atoms with Crippen molar-refractivity contribution in [3.8, 4) is 5.75 Å². The van der Waals surface area contributed by atoms with E-state index in [1.165, 1.54) is 42.4 Å². The topological polar surface area (TPSA) is 57.6 Å². The van der Waals surface area contributed by atoms with Gasteiger partial charge < -0.3 is 15.2 Å². The fourth-order valence-electron chi connectivity index (χ4n) is 4.28. The molecule has 1 aliphatic carbocycles. The second kappa shape index (κ2) is 9.50. The van der Waals surface area contributed by atoms with Gasteiger partial charge in [0.25, 0.3) is 0 Å². The first kappa shape index (κ1) is 19.4. The standard InChI is InChI=1S/C23H31N3O2/c27-22(16-26-11-9-19-8-10-24-14-20(19)15-26)17-28-23-7-3-4-18(12-23)13-25-21-5-1-2-6-21/h3-4,7-8,10,12,14,21-22,25,27H,1-2,5-6,9,11,13,15-17H2. The van der Waals surface area contributed by atoms with E-state index in [2.05, 4.69) is 33.4 Å². The molecule has 0 bridgehead atoms. The van der Waals surface area contributed by atoms with Crippen LogP contribution in [-0.4, -0.2) is 46.8 Å². The van der Waals surface area contributed by atoms with Crippen LogP contribution in [0.25, 0.3) is 0 Å². The zero-order valence-electron chi connectivity index (χ0n) is 16.5. The molecule has 5 heteroatoms. The van der Waals surface area contributed by atoms with E-state index >= 15 is 0 Å². The molecule has 1 aromatic carbocycles. The summed E-state index contributed by atoms with van der Waals surface area (Å²) in [6, 6.07) is 11.0. The van der Waals surface area contributed by atoms with E-state index in [1.807, 2.05) is 24.5 Å². The maximum atomic E-state index is 10.4. The molecule has 2 N–H and O–H groups in total. The predicted octanol–water partition coefficient (Wildman–Crippen LogP) is 2.91. The highest BCUT2D eigenvalue weighted by Crippen LogP contribution is 2.20. The zero-order chi connectivity index (χ0) is 19.2. The zero-order valence-corrected chi connectivity index (χ0v) is 16.5. The molecule has 1 aromatic heterocycles. The Morgan fingerprint density at radius 1 is 1.21 bits per heavy atom. The van der Waals surface area contributed by atoms with Crippen LogP contribution in [0.1, 0.15) is 42.4 Å². The van der Waals surface area contributed by atoms with Gasteiger partial charge in [0.2, 0.25) is 0 Å². The molecule has 4 rings (SSSR count). The Kier molecular flexibility index (Phi) is 6.57. The number of nitrogens with zero attached hydrogens (tertiary/aromatic N) is 2. The van der Waals surface area contributed by atoms with E-state index < -0.39 is 6.10 Å². The molecule has 1 unspecified atom stereocenters. The van der Waals surface area contributed by atoms with Crippen molar-refractivity contribution in [1.29, 1.82) is 0 Å². The summed E-state index contributed by atoms with van der Waals surface area (Å²) in [5.74, 6) is 0.831. The Hall–Kier alpha value is -1.95. The molecule has 2 heterocycles. The van der Waals surface area contributed by atoms with Crippen molar-refractivity contribution in [2.45, 2.75) is 57.3 Å². The van der Waals surface area contributed by atoms with Crippen LogP contribution in [-0.2, 0) is 19.5 Å². The molecule has 150 valence electrons. The largest absolute Gasteiger partial charge is 0.491 e. The number of benzene rings is 1. The number of ether oxygens (including phenoxy) is 1. The molecule has 0 spiro atoms. The Bertz CT molecular complexity index is 761. The monoisotopic (exact) mass is 381 g/mol. The quantitative estimate of drug-likeness (QED) is 0.736. The normalized spacial score (nSPS) is 18.8. The van der Waals surface area contributed by atoms with E-state index in [1.54, 1.807) is 0 Å². The third-order valence-electron chi connectivity index (χ3n) is 5.86. The van der Waals surface area contributed by atoms with Gasteiger partial charge in [-0.05, 0) is 54.2 Å². The second-order valence-electron chi connectivity index (χ2n) is 8.10. The highest BCUT2D eigenvalue weighted by atomic mass is 16.5. The number of hydrogen-bond donors (Lipinski definition) is 2. The summed E-state index contributed by atoms with van der Waals surface area (Å²) in [5.41, 5.74) is 3.88. The summed E-state index contributed by atoms with van der Waals surface area (Å²) in [5, 5.41) is 14.1. The van der Waals surface area contributed by atoms with Gasteiger partial charge in [-0.3, -0.25) is 9.88 Å². The van der Waals surface area contributed by atoms with Gasteiger partial charge in [0.15, 0.2) is 0 Å². The van der Waals surface area contributed by atoms with E-state index in [0.29, 0.717) is 19.2 Å². The van der Waals surface area contributed by atoms with Crippen LogP contribution < -0.4 is 10.1 Å². The van der Waals surface area contributed by atoms with E-state index in [4.69, 9.17) is 4.74 Å². The number of β-amino-alcohol motifs (C(OH)–C–C–N with tert-alkyl or cyclic N) is 1. The minimum atomic E-state index is -0.501. The second-order valence-corrected chi connectivity index (χ2v) is 8.10. The van der Waals surface area contributed by atoms with Gasteiger partial charge in [-0.15, -0.1) is 0 Å². The highest BCUT2D eigenvalue weighted by molar-refractivity contribution is 5.28. The van der Waals surface area contributed by atoms with Crippen molar-refractivity contribution >= 4 is 0 Å². The summed E-state index contributed by atoms with van der Waals surface area (Å²) < 4.78 is 5.87. The SMILES string of the molecule is OC(COc1cccc(CNC2CCCC2)c1)CN1CCc2ccncc2C1. The molecule has 0 amide bonds. The van der Waals surface area contributed by atoms with Crippen LogP contribution >= 0.6 is 0 Å². The number of nitrogens with one attached hydrogen (secondary N) is 1. The molecule has 0 radical (unpaired) electrons. The van der Waals surface area contributed by atoms with Gasteiger partial charge in [0, 0.05) is 44.6 Å². The van der Waals surface area contributed by atoms with Crippen LogP contribution in [0.3, 0.4) is 0 Å². The van der Waals surface area contributed by atoms with Gasteiger partial charge in [-0.2, -0.15) is 0 Å². The number of hydrogen-bond acceptors (Lipinski definition) is 5. The van der Waals surface area contributed by atoms with Gasteiger partial charge in [-0.25, -0.2) is 0 Å². The van der Waals surface area contributed by atoms with Crippen LogP contribution in [0.15, 0.2) is 42.7 Å². The van der Waals surface area contributed by atoms with Crippen LogP contribution in [0.2, 0.25) is 0 Å². The van der Waals surface area contributed by atoms with E-state index in [9.17, 15) is 5.11 Å². The summed E-state index contributed by atoms with van der Waals surface area (Å²) in [6.45, 7) is 3.64. The van der Waals surface area contributed by atoms with Crippen molar-refractivity contribution in [2.75, 3.05) is 19.7 Å². The molecular formula is C23H31N3O2. The average Bonchev–Trinajstić information content (AvgIpc) is 3.25. The minimum absolute atomic E-state index is 0.315. The lowest BCUT2D eigenvalue weighted by atomic mass is 10.0. The summed E-state index contributed by atoms with van der Waals surface area (Å²) >= 11 is 0. The van der Waals surface area contributed by atoms with E-state index in [-0.39, 0.29) is 0 Å². The van der Waals surface area contributed by atoms with Crippen molar-refractivity contribution < 1.29 is 9.84 Å². The van der Waals surface area contributed by atoms with Gasteiger partial charge in [0.05, 0.1) is 0 Å². The van der Waals surface area contributed by atoms with Gasteiger partial charge >= 0.3 is 0 Å². The lowest BCUT2D eigenvalue weighted by Crippen LogP contribution is -2.38. The number of aliphatic hydroxyl groups is 1. The maximum absolute atomic E-state index is 10.4. The van der Waals surface area contributed by atoms with E-state index in [0.717, 1.165) is 31.8 Å². The summed E-state index contributed by atoms with van der Waals surface area (Å²) in [7, 11) is 0. The minimum Gasteiger partial charge on any atom is -0.491 e. The average molecular weight is 382 g/mol. The van der Waals surface area contributed by atoms with Crippen molar-refractivity contribution in [3.63, 3.8) is 0 Å². The Morgan fingerprint density at radius 3 is 3.00 bits per heavy atom. The highest BCUT2D eigenvalue weighted by Gasteiger charge is 2.19. The molecule has 2 aliphatic rings. The fourth-order valence-corrected chi connectivity index (χ4v) is 4.28. The Balaban J connectivity index is 1.22. The number of fused-ring (bicyclic) bond motifs is 1. The third-order valence-corrected chi connectivity index (χ3v) is 5.86. The van der Waals surface area contributed by atoms with Crippen LogP contribution in [0.5, 0.6) is 5.75 Å². The molecule has 1 saturated carbocycles. The number of pyridine rings is 1. The molecule has 1 fully saturated rings. The first-order valence-corrected chi connectivity index (χ1v) is 10.5. The van der Waals surface area contributed by atoms with Crippen molar-refractivity contribution in [3.05, 3.63) is 59.4 Å². The first-order valence-electron chi connectivity index (χ1n) is 10.5. The van der Waals surface area contributed by atoms with Crippen molar-refractivity contribution in [2.24, 2.45) is 0 Å². The number of aliphatic hydroxyl groups excluding tert-OH is 1. The Labute approximate surface area is 167 Å². The maximum Gasteiger partial charge on any atom is 0.119 e. The molecule has 28 heavy (non-hydrogen) atoms. The molecule has 5 nitrogen and oxygen atoms in total. The molecule has 0 saturated heterocycles. The molecule has 2 aromatic rings. The van der Waals surface area contributed by atoms with Crippen molar-refractivity contribution in [1.82, 2.24) is 15.2 Å². The fraction of sp³-hybridized carbons (Fsp3) is 0.522. The van der Waals surface area contributed by atoms with Crippen LogP contribution in [0.4, 0.5) is 0 Å². The Morgan fingerprint density at radius 2 is 2.11 bits per heavy atom. The molecular weight excluding hydrogens is 350 g/mol. The summed E-state index contributed by atoms with van der Waals surface area (Å²) in [6.07, 6.45) is 9.58. The first-order chi connectivity index (χ1) is 13.8. The van der Waals surface area contributed by atoms with Crippen LogP contribution in [0, 0.1) is 0 Å².